The molecule has 0 fully saturated rings. The summed E-state index contributed by atoms with van der Waals surface area (Å²) in [6.07, 6.45) is 0.819. The van der Waals surface area contributed by atoms with Crippen LogP contribution in [-0.4, -0.2) is 36.9 Å². The monoisotopic (exact) mass is 359 g/mol. The molecule has 7 nitrogen and oxygen atoms in total. The predicted octanol–water partition coefficient (Wildman–Crippen LogP) is 2.07. The van der Waals surface area contributed by atoms with Crippen molar-refractivity contribution in [3.63, 3.8) is 0 Å². The molecule has 25 heavy (non-hydrogen) atoms. The molecule has 0 bridgehead atoms. The Morgan fingerprint density at radius 3 is 2.76 bits per heavy atom. The molecule has 1 N–H and O–H groups in total. The van der Waals surface area contributed by atoms with E-state index in [-0.39, 0.29) is 23.3 Å². The van der Waals surface area contributed by atoms with Gasteiger partial charge in [0.2, 0.25) is 11.7 Å². The normalized spacial score (nSPS) is 11.5. The van der Waals surface area contributed by atoms with E-state index in [9.17, 15) is 9.59 Å². The topological polar surface area (TPSA) is 81.3 Å². The van der Waals surface area contributed by atoms with Crippen LogP contribution in [0.15, 0.2) is 34.2 Å². The molecular weight excluding hydrogens is 338 g/mol. The molecule has 0 aliphatic rings. The van der Waals surface area contributed by atoms with Gasteiger partial charge in [-0.3, -0.25) is 18.6 Å². The van der Waals surface area contributed by atoms with E-state index in [1.807, 2.05) is 49.4 Å². The first kappa shape index (κ1) is 17.5. The fourth-order valence-corrected chi connectivity index (χ4v) is 3.50. The van der Waals surface area contributed by atoms with Gasteiger partial charge in [0.1, 0.15) is 0 Å². The number of rotatable bonds is 6. The van der Waals surface area contributed by atoms with Crippen LogP contribution in [0.1, 0.15) is 27.2 Å². The van der Waals surface area contributed by atoms with Gasteiger partial charge in [0.15, 0.2) is 5.16 Å². The maximum absolute atomic E-state index is 12.7. The van der Waals surface area contributed by atoms with Crippen LogP contribution in [-0.2, 0) is 11.3 Å². The van der Waals surface area contributed by atoms with Crippen LogP contribution in [0.4, 0.5) is 0 Å². The second kappa shape index (κ2) is 7.26. The zero-order chi connectivity index (χ0) is 18.0. The number of nitrogens with one attached hydrogen (secondary N) is 1. The Bertz CT molecular complexity index is 976. The van der Waals surface area contributed by atoms with Crippen LogP contribution in [0.3, 0.4) is 0 Å². The van der Waals surface area contributed by atoms with Crippen molar-refractivity contribution in [2.24, 2.45) is 0 Å². The highest BCUT2D eigenvalue weighted by Gasteiger charge is 2.17. The molecule has 8 heteroatoms. The average molecular weight is 359 g/mol. The maximum Gasteiger partial charge on any atom is 0.262 e. The number of amides is 1. The maximum atomic E-state index is 12.7. The Balaban J connectivity index is 2.09. The van der Waals surface area contributed by atoms with Crippen LogP contribution in [0, 0.1) is 0 Å². The van der Waals surface area contributed by atoms with Crippen molar-refractivity contribution in [1.29, 1.82) is 0 Å². The van der Waals surface area contributed by atoms with Gasteiger partial charge in [-0.05, 0) is 32.4 Å². The summed E-state index contributed by atoms with van der Waals surface area (Å²) in [5.41, 5.74) is 0.693. The van der Waals surface area contributed by atoms with Crippen LogP contribution in [0.5, 0.6) is 0 Å². The van der Waals surface area contributed by atoms with E-state index < -0.39 is 0 Å². The van der Waals surface area contributed by atoms with Gasteiger partial charge in [-0.25, -0.2) is 0 Å². The highest BCUT2D eigenvalue weighted by molar-refractivity contribution is 7.99. The Labute approximate surface area is 149 Å². The molecule has 2 aromatic heterocycles. The molecule has 0 unspecified atom stereocenters. The van der Waals surface area contributed by atoms with Gasteiger partial charge in [-0.15, -0.1) is 10.2 Å². The smallest absolute Gasteiger partial charge is 0.262 e. The summed E-state index contributed by atoms with van der Waals surface area (Å²) >= 11 is 1.32. The van der Waals surface area contributed by atoms with Crippen LogP contribution < -0.4 is 10.9 Å². The molecule has 0 spiro atoms. The number of carbonyl (C=O) groups is 1. The predicted molar refractivity (Wildman–Crippen MR) is 99.0 cm³/mol. The molecule has 2 heterocycles. The summed E-state index contributed by atoms with van der Waals surface area (Å²) in [5.74, 6) is 0.709. The lowest BCUT2D eigenvalue weighted by molar-refractivity contribution is -0.119. The number of hydrogen-bond acceptors (Lipinski definition) is 5. The molecule has 0 aliphatic heterocycles. The lowest BCUT2D eigenvalue weighted by Gasteiger charge is -2.10. The molecule has 1 amide bonds. The lowest BCUT2D eigenvalue weighted by atomic mass is 10.2. The highest BCUT2D eigenvalue weighted by Crippen LogP contribution is 2.21. The summed E-state index contributed by atoms with van der Waals surface area (Å²) in [6, 6.07) is 7.51. The molecule has 3 aromatic rings. The fraction of sp³-hybridized carbons (Fsp3) is 0.412. The van der Waals surface area contributed by atoms with Gasteiger partial charge in [-0.2, -0.15) is 0 Å². The number of fused-ring (bicyclic) bond motifs is 3. The second-order valence-electron chi connectivity index (χ2n) is 6.10. The highest BCUT2D eigenvalue weighted by atomic mass is 32.2. The minimum Gasteiger partial charge on any atom is -0.353 e. The number of carbonyl (C=O) groups excluding carboxylic acids is 1. The Kier molecular flexibility index (Phi) is 5.08. The Morgan fingerprint density at radius 1 is 1.28 bits per heavy atom. The number of benzene rings is 1. The third-order valence-corrected chi connectivity index (χ3v) is 4.64. The first-order valence-corrected chi connectivity index (χ1v) is 9.30. The van der Waals surface area contributed by atoms with Gasteiger partial charge in [0.25, 0.3) is 5.56 Å². The molecule has 1 aromatic carbocycles. The van der Waals surface area contributed by atoms with Gasteiger partial charge in [-0.1, -0.05) is 30.8 Å². The molecule has 0 aliphatic carbocycles. The summed E-state index contributed by atoms with van der Waals surface area (Å²) in [5, 5.41) is 12.5. The molecule has 0 saturated carbocycles. The van der Waals surface area contributed by atoms with Crippen molar-refractivity contribution >= 4 is 34.3 Å². The first-order chi connectivity index (χ1) is 12.0. The summed E-state index contributed by atoms with van der Waals surface area (Å²) in [4.78, 5) is 24.7. The molecule has 0 saturated heterocycles. The van der Waals surface area contributed by atoms with E-state index >= 15 is 0 Å². The van der Waals surface area contributed by atoms with E-state index in [0.29, 0.717) is 22.9 Å². The standard InChI is InChI=1S/C17H21N5O2S/c1-4-9-21-15(24)12-7-5-6-8-13(12)22-16(21)19-20-17(22)25-10-14(23)18-11(2)3/h5-8,11H,4,9-10H2,1-3H3,(H,18,23). The summed E-state index contributed by atoms with van der Waals surface area (Å²) < 4.78 is 3.51. The zero-order valence-electron chi connectivity index (χ0n) is 14.5. The van der Waals surface area contributed by atoms with Gasteiger partial charge < -0.3 is 5.32 Å². The van der Waals surface area contributed by atoms with Gasteiger partial charge in [0, 0.05) is 12.6 Å². The van der Waals surface area contributed by atoms with Crippen molar-refractivity contribution in [2.75, 3.05) is 5.75 Å². The SMILES string of the molecule is CCCn1c(=O)c2ccccc2n2c(SCC(=O)NC(C)C)nnc12. The van der Waals surface area contributed by atoms with Gasteiger partial charge >= 0.3 is 0 Å². The molecule has 132 valence electrons. The van der Waals surface area contributed by atoms with E-state index in [4.69, 9.17) is 0 Å². The molecule has 0 radical (unpaired) electrons. The average Bonchev–Trinajstić information content (AvgIpc) is 3.00. The summed E-state index contributed by atoms with van der Waals surface area (Å²) in [6.45, 7) is 6.43. The van der Waals surface area contributed by atoms with Crippen LogP contribution >= 0.6 is 11.8 Å². The second-order valence-corrected chi connectivity index (χ2v) is 7.05. The number of aryl methyl sites for hydroxylation is 1. The minimum atomic E-state index is -0.0635. The van der Waals surface area contributed by atoms with Crippen molar-refractivity contribution in [2.45, 2.75) is 44.9 Å². The fourth-order valence-electron chi connectivity index (χ4n) is 2.75. The third-order valence-electron chi connectivity index (χ3n) is 3.71. The number of aromatic nitrogens is 4. The van der Waals surface area contributed by atoms with Crippen molar-refractivity contribution in [3.05, 3.63) is 34.6 Å². The first-order valence-electron chi connectivity index (χ1n) is 8.31. The number of thioether (sulfide) groups is 1. The lowest BCUT2D eigenvalue weighted by Crippen LogP contribution is -2.31. The largest absolute Gasteiger partial charge is 0.353 e. The number of nitrogens with zero attached hydrogens (tertiary/aromatic N) is 4. The van der Waals surface area contributed by atoms with Crippen molar-refractivity contribution in [3.8, 4) is 0 Å². The molecule has 0 atom stereocenters. The Hall–Kier alpha value is -2.35. The van der Waals surface area contributed by atoms with E-state index in [2.05, 4.69) is 15.5 Å². The van der Waals surface area contributed by atoms with Gasteiger partial charge in [0.05, 0.1) is 16.7 Å². The van der Waals surface area contributed by atoms with Crippen LogP contribution in [0.2, 0.25) is 0 Å². The Morgan fingerprint density at radius 2 is 2.04 bits per heavy atom. The van der Waals surface area contributed by atoms with Crippen molar-refractivity contribution in [1.82, 2.24) is 24.5 Å². The van der Waals surface area contributed by atoms with E-state index in [0.717, 1.165) is 11.9 Å². The van der Waals surface area contributed by atoms with Crippen LogP contribution in [0.25, 0.3) is 16.7 Å². The number of hydrogen-bond donors (Lipinski definition) is 1. The van der Waals surface area contributed by atoms with E-state index in [1.165, 1.54) is 11.8 Å². The minimum absolute atomic E-state index is 0.0528. The number of para-hydroxylation sites is 1. The quantitative estimate of drug-likeness (QED) is 0.682. The molecule has 3 rings (SSSR count). The third kappa shape index (κ3) is 3.39. The zero-order valence-corrected chi connectivity index (χ0v) is 15.3. The van der Waals surface area contributed by atoms with Crippen molar-refractivity contribution < 1.29 is 4.79 Å². The summed E-state index contributed by atoms with van der Waals surface area (Å²) in [7, 11) is 0. The van der Waals surface area contributed by atoms with E-state index in [1.54, 1.807) is 4.57 Å². The molecular formula is C17H21N5O2S.